The SMILES string of the molecule is CCc1c(N)ncnc1NCCC(=O)N(CC)CC. The molecule has 0 unspecified atom stereocenters. The van der Waals surface area contributed by atoms with Crippen LogP contribution in [0.15, 0.2) is 6.33 Å². The number of nitrogens with zero attached hydrogens (tertiary/aromatic N) is 3. The van der Waals surface area contributed by atoms with Crippen molar-refractivity contribution in [3.63, 3.8) is 0 Å². The monoisotopic (exact) mass is 265 g/mol. The lowest BCUT2D eigenvalue weighted by Crippen LogP contribution is -2.31. The van der Waals surface area contributed by atoms with Crippen LogP contribution < -0.4 is 11.1 Å². The van der Waals surface area contributed by atoms with Crippen LogP contribution in [-0.4, -0.2) is 40.4 Å². The van der Waals surface area contributed by atoms with Gasteiger partial charge in [-0.3, -0.25) is 4.79 Å². The summed E-state index contributed by atoms with van der Waals surface area (Å²) in [6.45, 7) is 8.01. The highest BCUT2D eigenvalue weighted by molar-refractivity contribution is 5.76. The average molecular weight is 265 g/mol. The van der Waals surface area contributed by atoms with Crippen LogP contribution >= 0.6 is 0 Å². The molecule has 0 saturated heterocycles. The van der Waals surface area contributed by atoms with E-state index in [1.165, 1.54) is 6.33 Å². The third kappa shape index (κ3) is 4.08. The second-order valence-electron chi connectivity index (χ2n) is 4.18. The molecule has 1 aromatic heterocycles. The first kappa shape index (κ1) is 15.2. The Bertz CT molecular complexity index is 417. The molecular weight excluding hydrogens is 242 g/mol. The highest BCUT2D eigenvalue weighted by Crippen LogP contribution is 2.17. The largest absolute Gasteiger partial charge is 0.383 e. The van der Waals surface area contributed by atoms with E-state index in [0.29, 0.717) is 18.8 Å². The number of aromatic nitrogens is 2. The van der Waals surface area contributed by atoms with Gasteiger partial charge < -0.3 is 16.0 Å². The predicted molar refractivity (Wildman–Crippen MR) is 76.9 cm³/mol. The van der Waals surface area contributed by atoms with Crippen LogP contribution in [0.4, 0.5) is 11.6 Å². The number of hydrogen-bond donors (Lipinski definition) is 2. The van der Waals surface area contributed by atoms with Gasteiger partial charge >= 0.3 is 0 Å². The minimum Gasteiger partial charge on any atom is -0.383 e. The third-order valence-electron chi connectivity index (χ3n) is 3.08. The van der Waals surface area contributed by atoms with Crippen LogP contribution in [0.25, 0.3) is 0 Å². The van der Waals surface area contributed by atoms with Gasteiger partial charge in [-0.25, -0.2) is 9.97 Å². The lowest BCUT2D eigenvalue weighted by molar-refractivity contribution is -0.130. The van der Waals surface area contributed by atoms with Gasteiger partial charge in [-0.15, -0.1) is 0 Å². The molecule has 0 aliphatic heterocycles. The van der Waals surface area contributed by atoms with E-state index < -0.39 is 0 Å². The summed E-state index contributed by atoms with van der Waals surface area (Å²) in [6, 6.07) is 0. The van der Waals surface area contributed by atoms with Crippen molar-refractivity contribution in [1.82, 2.24) is 14.9 Å². The van der Waals surface area contributed by atoms with Crippen LogP contribution in [0.2, 0.25) is 0 Å². The van der Waals surface area contributed by atoms with Crippen molar-refractivity contribution in [2.45, 2.75) is 33.6 Å². The van der Waals surface area contributed by atoms with Gasteiger partial charge in [0.25, 0.3) is 0 Å². The molecule has 0 aliphatic carbocycles. The Labute approximate surface area is 114 Å². The zero-order valence-corrected chi connectivity index (χ0v) is 11.9. The van der Waals surface area contributed by atoms with Gasteiger partial charge in [-0.2, -0.15) is 0 Å². The number of anilines is 2. The maximum absolute atomic E-state index is 11.8. The summed E-state index contributed by atoms with van der Waals surface area (Å²) >= 11 is 0. The quantitative estimate of drug-likeness (QED) is 0.776. The van der Waals surface area contributed by atoms with E-state index in [1.54, 1.807) is 0 Å². The van der Waals surface area contributed by atoms with E-state index >= 15 is 0 Å². The van der Waals surface area contributed by atoms with Gasteiger partial charge in [-0.1, -0.05) is 6.92 Å². The van der Waals surface area contributed by atoms with Crippen LogP contribution in [0, 0.1) is 0 Å². The average Bonchev–Trinajstić information content (AvgIpc) is 2.40. The number of nitrogen functional groups attached to an aromatic ring is 1. The molecule has 1 rings (SSSR count). The Hall–Kier alpha value is -1.85. The molecule has 6 nitrogen and oxygen atoms in total. The fourth-order valence-electron chi connectivity index (χ4n) is 1.95. The lowest BCUT2D eigenvalue weighted by atomic mass is 10.2. The molecule has 0 fully saturated rings. The Morgan fingerprint density at radius 1 is 1.32 bits per heavy atom. The Kier molecular flexibility index (Phi) is 6.05. The molecule has 3 N–H and O–H groups in total. The van der Waals surface area contributed by atoms with E-state index in [4.69, 9.17) is 5.73 Å². The summed E-state index contributed by atoms with van der Waals surface area (Å²) in [5, 5.41) is 3.16. The standard InChI is InChI=1S/C13H23N5O/c1-4-10-12(14)16-9-17-13(10)15-8-7-11(19)18(5-2)6-3/h9H,4-8H2,1-3H3,(H3,14,15,16,17). The highest BCUT2D eigenvalue weighted by Gasteiger charge is 2.10. The molecule has 19 heavy (non-hydrogen) atoms. The predicted octanol–water partition coefficient (Wildman–Crippen LogP) is 1.29. The van der Waals surface area contributed by atoms with Crippen LogP contribution in [0.5, 0.6) is 0 Å². The van der Waals surface area contributed by atoms with Crippen molar-refractivity contribution < 1.29 is 4.79 Å². The number of hydrogen-bond acceptors (Lipinski definition) is 5. The topological polar surface area (TPSA) is 84.1 Å². The first-order valence-electron chi connectivity index (χ1n) is 6.74. The molecule has 0 radical (unpaired) electrons. The second-order valence-corrected chi connectivity index (χ2v) is 4.18. The van der Waals surface area contributed by atoms with Crippen molar-refractivity contribution in [1.29, 1.82) is 0 Å². The fraction of sp³-hybridized carbons (Fsp3) is 0.615. The zero-order valence-electron chi connectivity index (χ0n) is 11.9. The molecule has 1 aromatic rings. The Morgan fingerprint density at radius 2 is 2.00 bits per heavy atom. The van der Waals surface area contributed by atoms with Crippen molar-refractivity contribution in [2.24, 2.45) is 0 Å². The molecule has 0 aromatic carbocycles. The van der Waals surface area contributed by atoms with Gasteiger partial charge in [0.1, 0.15) is 18.0 Å². The first-order chi connectivity index (χ1) is 9.13. The van der Waals surface area contributed by atoms with Crippen molar-refractivity contribution in [2.75, 3.05) is 30.7 Å². The van der Waals surface area contributed by atoms with E-state index in [9.17, 15) is 4.79 Å². The number of nitrogens with two attached hydrogens (primary N) is 1. The van der Waals surface area contributed by atoms with Gasteiger partial charge in [0.15, 0.2) is 0 Å². The summed E-state index contributed by atoms with van der Waals surface area (Å²) in [7, 11) is 0. The summed E-state index contributed by atoms with van der Waals surface area (Å²) in [4.78, 5) is 21.8. The summed E-state index contributed by atoms with van der Waals surface area (Å²) in [6.07, 6.45) is 2.65. The van der Waals surface area contributed by atoms with Crippen LogP contribution in [0.3, 0.4) is 0 Å². The lowest BCUT2D eigenvalue weighted by Gasteiger charge is -2.19. The molecule has 106 valence electrons. The number of amides is 1. The van der Waals surface area contributed by atoms with E-state index in [1.807, 2.05) is 25.7 Å². The fourth-order valence-corrected chi connectivity index (χ4v) is 1.95. The van der Waals surface area contributed by atoms with Crippen molar-refractivity contribution >= 4 is 17.5 Å². The van der Waals surface area contributed by atoms with Crippen LogP contribution in [-0.2, 0) is 11.2 Å². The molecule has 6 heteroatoms. The molecule has 0 saturated carbocycles. The van der Waals surface area contributed by atoms with Crippen molar-refractivity contribution in [3.05, 3.63) is 11.9 Å². The minimum absolute atomic E-state index is 0.151. The summed E-state index contributed by atoms with van der Waals surface area (Å²) < 4.78 is 0. The molecule has 0 atom stereocenters. The number of carbonyl (C=O) groups excluding carboxylic acids is 1. The maximum Gasteiger partial charge on any atom is 0.224 e. The molecule has 0 aliphatic rings. The summed E-state index contributed by atoms with van der Waals surface area (Å²) in [5.74, 6) is 1.37. The van der Waals surface area contributed by atoms with E-state index in [0.717, 1.165) is 30.9 Å². The molecule has 0 bridgehead atoms. The van der Waals surface area contributed by atoms with E-state index in [2.05, 4.69) is 15.3 Å². The van der Waals surface area contributed by atoms with Crippen molar-refractivity contribution in [3.8, 4) is 0 Å². The van der Waals surface area contributed by atoms with Gasteiger partial charge in [0.05, 0.1) is 0 Å². The molecule has 0 spiro atoms. The zero-order chi connectivity index (χ0) is 14.3. The number of carbonyl (C=O) groups is 1. The molecule has 1 heterocycles. The van der Waals surface area contributed by atoms with Gasteiger partial charge in [-0.05, 0) is 20.3 Å². The maximum atomic E-state index is 11.8. The summed E-state index contributed by atoms with van der Waals surface area (Å²) in [5.41, 5.74) is 6.69. The smallest absolute Gasteiger partial charge is 0.224 e. The second kappa shape index (κ2) is 7.56. The normalized spacial score (nSPS) is 10.3. The molecule has 1 amide bonds. The number of rotatable bonds is 7. The van der Waals surface area contributed by atoms with Crippen LogP contribution in [0.1, 0.15) is 32.8 Å². The first-order valence-corrected chi connectivity index (χ1v) is 6.74. The molecular formula is C13H23N5O. The van der Waals surface area contributed by atoms with E-state index in [-0.39, 0.29) is 5.91 Å². The number of nitrogens with one attached hydrogen (secondary N) is 1. The van der Waals surface area contributed by atoms with Gasteiger partial charge in [0, 0.05) is 31.6 Å². The Balaban J connectivity index is 2.54. The highest BCUT2D eigenvalue weighted by atomic mass is 16.2. The van der Waals surface area contributed by atoms with Gasteiger partial charge in [0.2, 0.25) is 5.91 Å². The minimum atomic E-state index is 0.151. The third-order valence-corrected chi connectivity index (χ3v) is 3.08. The Morgan fingerprint density at radius 3 is 2.58 bits per heavy atom.